The first kappa shape index (κ1) is 18.4. The van der Waals surface area contributed by atoms with Crippen LogP contribution in [0.3, 0.4) is 0 Å². The van der Waals surface area contributed by atoms with Crippen LogP contribution in [0.25, 0.3) is 11.0 Å². The van der Waals surface area contributed by atoms with Gasteiger partial charge in [-0.2, -0.15) is 0 Å². The molecule has 0 aliphatic heterocycles. The predicted molar refractivity (Wildman–Crippen MR) is 80.5 cm³/mol. The van der Waals surface area contributed by atoms with Gasteiger partial charge in [0.1, 0.15) is 18.2 Å². The molecule has 23 heavy (non-hydrogen) atoms. The van der Waals surface area contributed by atoms with Crippen molar-refractivity contribution in [2.75, 3.05) is 0 Å². The molecule has 112 valence electrons. The van der Waals surface area contributed by atoms with Crippen molar-refractivity contribution < 1.29 is 66.0 Å². The van der Waals surface area contributed by atoms with Crippen molar-refractivity contribution in [1.29, 1.82) is 0 Å². The van der Waals surface area contributed by atoms with Crippen LogP contribution in [0.1, 0.15) is 5.82 Å². The number of halogens is 1. The molecule has 0 saturated heterocycles. The number of imidazole rings is 1. The normalized spacial score (nSPS) is 10.3. The van der Waals surface area contributed by atoms with Crippen LogP contribution in [0.4, 0.5) is 0 Å². The maximum absolute atomic E-state index is 11.0. The van der Waals surface area contributed by atoms with Gasteiger partial charge >= 0.3 is 51.4 Å². The number of ether oxygens (including phenoxy) is 1. The molecule has 0 saturated carbocycles. The van der Waals surface area contributed by atoms with E-state index in [2.05, 4.69) is 4.98 Å². The van der Waals surface area contributed by atoms with Crippen molar-refractivity contribution in [2.24, 2.45) is 0 Å². The van der Waals surface area contributed by atoms with Gasteiger partial charge in [-0.3, -0.25) is 0 Å². The predicted octanol–water partition coefficient (Wildman–Crippen LogP) is -0.977. The summed E-state index contributed by atoms with van der Waals surface area (Å²) in [5.74, 6) is -0.00676. The molecule has 0 fully saturated rings. The Balaban J connectivity index is 0.00000192. The largest absolute Gasteiger partial charge is 1.00 e. The molecule has 0 atom stereocenters. The van der Waals surface area contributed by atoms with Gasteiger partial charge in [-0.1, -0.05) is 23.7 Å². The first-order chi connectivity index (χ1) is 10.6. The molecule has 0 spiro atoms. The van der Waals surface area contributed by atoms with Crippen LogP contribution in [-0.2, 0) is 17.9 Å². The molecule has 1 heterocycles. The number of hydrogen-bond donors (Lipinski definition) is 0. The summed E-state index contributed by atoms with van der Waals surface area (Å²) in [6.45, 7) is -0.108. The number of aliphatic carboxylic acids is 1. The van der Waals surface area contributed by atoms with Crippen LogP contribution >= 0.6 is 11.6 Å². The summed E-state index contributed by atoms with van der Waals surface area (Å²) in [4.78, 5) is 15.4. The van der Waals surface area contributed by atoms with E-state index in [1.54, 1.807) is 28.8 Å². The molecular formula is C16H12ClKN2O3. The molecule has 7 heteroatoms. The van der Waals surface area contributed by atoms with Crippen molar-refractivity contribution >= 4 is 28.6 Å². The standard InChI is InChI=1S/C16H13ClN2O3.K/c17-11-5-7-12(8-6-11)22-10-15-18-13-3-1-2-4-14(13)19(15)9-16(20)21;/h1-8H,9-10H2,(H,20,21);/q;+1/p-1. The first-order valence-electron chi connectivity index (χ1n) is 6.66. The molecule has 0 radical (unpaired) electrons. The smallest absolute Gasteiger partial charge is 0.548 e. The topological polar surface area (TPSA) is 67.2 Å². The van der Waals surface area contributed by atoms with E-state index in [4.69, 9.17) is 16.3 Å². The summed E-state index contributed by atoms with van der Waals surface area (Å²) < 4.78 is 7.23. The summed E-state index contributed by atoms with van der Waals surface area (Å²) in [5.41, 5.74) is 1.46. The van der Waals surface area contributed by atoms with Crippen molar-refractivity contribution in [3.05, 3.63) is 59.4 Å². The van der Waals surface area contributed by atoms with Crippen molar-refractivity contribution in [3.63, 3.8) is 0 Å². The first-order valence-corrected chi connectivity index (χ1v) is 7.03. The Morgan fingerprint density at radius 1 is 1.17 bits per heavy atom. The maximum Gasteiger partial charge on any atom is 1.00 e. The number of aromatic nitrogens is 2. The van der Waals surface area contributed by atoms with Gasteiger partial charge in [-0.25, -0.2) is 4.98 Å². The van der Waals surface area contributed by atoms with Crippen LogP contribution in [0.2, 0.25) is 5.02 Å². The number of carbonyl (C=O) groups excluding carboxylic acids is 1. The number of carbonyl (C=O) groups is 1. The van der Waals surface area contributed by atoms with Gasteiger partial charge in [0.15, 0.2) is 0 Å². The Bertz CT molecular complexity index is 818. The van der Waals surface area contributed by atoms with E-state index in [0.717, 1.165) is 11.0 Å². The molecule has 0 unspecified atom stereocenters. The summed E-state index contributed by atoms with van der Waals surface area (Å²) in [7, 11) is 0. The summed E-state index contributed by atoms with van der Waals surface area (Å²) in [5, 5.41) is 11.6. The van der Waals surface area contributed by atoms with Gasteiger partial charge in [-0.05, 0) is 36.4 Å². The Hall–Kier alpha value is -0.894. The second-order valence-corrected chi connectivity index (χ2v) is 5.15. The summed E-state index contributed by atoms with van der Waals surface area (Å²) in [6, 6.07) is 14.3. The molecule has 5 nitrogen and oxygen atoms in total. The van der Waals surface area contributed by atoms with E-state index in [9.17, 15) is 9.90 Å². The molecule has 0 N–H and O–H groups in total. The number of benzene rings is 2. The molecule has 0 aliphatic rings. The average Bonchev–Trinajstić information content (AvgIpc) is 2.84. The third kappa shape index (κ3) is 4.56. The third-order valence-electron chi connectivity index (χ3n) is 3.20. The van der Waals surface area contributed by atoms with E-state index in [0.29, 0.717) is 16.6 Å². The van der Waals surface area contributed by atoms with Crippen molar-refractivity contribution in [1.82, 2.24) is 9.55 Å². The SMILES string of the molecule is O=C([O-])Cn1c(COc2ccc(Cl)cc2)nc2ccccc21.[K+]. The zero-order chi connectivity index (χ0) is 15.5. The van der Waals surface area contributed by atoms with Crippen LogP contribution in [-0.4, -0.2) is 15.5 Å². The monoisotopic (exact) mass is 354 g/mol. The van der Waals surface area contributed by atoms with E-state index in [-0.39, 0.29) is 64.5 Å². The van der Waals surface area contributed by atoms with Crippen molar-refractivity contribution in [3.8, 4) is 5.75 Å². The molecule has 2 aromatic carbocycles. The Morgan fingerprint density at radius 3 is 2.57 bits per heavy atom. The molecular weight excluding hydrogens is 343 g/mol. The van der Waals surface area contributed by atoms with Crippen LogP contribution in [0, 0.1) is 0 Å². The zero-order valence-electron chi connectivity index (χ0n) is 12.5. The molecule has 0 bridgehead atoms. The van der Waals surface area contributed by atoms with Crippen LogP contribution in [0.5, 0.6) is 5.75 Å². The molecule has 0 amide bonds. The molecule has 0 aliphatic carbocycles. The van der Waals surface area contributed by atoms with Gasteiger partial charge in [0.25, 0.3) is 0 Å². The van der Waals surface area contributed by atoms with E-state index >= 15 is 0 Å². The van der Waals surface area contributed by atoms with Gasteiger partial charge in [0.05, 0.1) is 23.5 Å². The number of para-hydroxylation sites is 2. The summed E-state index contributed by atoms with van der Waals surface area (Å²) in [6.07, 6.45) is 0. The molecule has 3 aromatic rings. The van der Waals surface area contributed by atoms with Gasteiger partial charge in [-0.15, -0.1) is 0 Å². The minimum Gasteiger partial charge on any atom is -0.548 e. The second-order valence-electron chi connectivity index (χ2n) is 4.72. The Kier molecular flexibility index (Phi) is 6.64. The number of fused-ring (bicyclic) bond motifs is 1. The number of hydrogen-bond acceptors (Lipinski definition) is 4. The quantitative estimate of drug-likeness (QED) is 0.553. The summed E-state index contributed by atoms with van der Waals surface area (Å²) >= 11 is 5.82. The number of rotatable bonds is 5. The fourth-order valence-electron chi connectivity index (χ4n) is 2.22. The minimum absolute atomic E-state index is 0. The van der Waals surface area contributed by atoms with Gasteiger partial charge < -0.3 is 19.2 Å². The fraction of sp³-hybridized carbons (Fsp3) is 0.125. The number of carboxylic acids is 1. The van der Waals surface area contributed by atoms with E-state index < -0.39 is 5.97 Å². The number of carboxylic acid groups (broad SMARTS) is 1. The molecule has 1 aromatic heterocycles. The fourth-order valence-corrected chi connectivity index (χ4v) is 2.35. The van der Waals surface area contributed by atoms with E-state index in [1.807, 2.05) is 24.3 Å². The van der Waals surface area contributed by atoms with Gasteiger partial charge in [0, 0.05) is 5.02 Å². The molecule has 3 rings (SSSR count). The van der Waals surface area contributed by atoms with Gasteiger partial charge in [0.2, 0.25) is 0 Å². The third-order valence-corrected chi connectivity index (χ3v) is 3.45. The zero-order valence-corrected chi connectivity index (χ0v) is 16.4. The number of nitrogens with zero attached hydrogens (tertiary/aromatic N) is 2. The van der Waals surface area contributed by atoms with Crippen LogP contribution < -0.4 is 61.2 Å². The van der Waals surface area contributed by atoms with Crippen molar-refractivity contribution in [2.45, 2.75) is 13.2 Å². The maximum atomic E-state index is 11.0. The Morgan fingerprint density at radius 2 is 1.87 bits per heavy atom. The van der Waals surface area contributed by atoms with Crippen LogP contribution in [0.15, 0.2) is 48.5 Å². The average molecular weight is 355 g/mol. The van der Waals surface area contributed by atoms with E-state index in [1.165, 1.54) is 0 Å². The minimum atomic E-state index is -1.17. The second kappa shape index (κ2) is 8.28. The Labute approximate surface area is 180 Å².